The van der Waals surface area contributed by atoms with Crippen molar-refractivity contribution < 1.29 is 40.6 Å². The van der Waals surface area contributed by atoms with Crippen molar-refractivity contribution >= 4 is 0 Å². The summed E-state index contributed by atoms with van der Waals surface area (Å²) in [5.74, 6) is -0.845. The zero-order valence-corrected chi connectivity index (χ0v) is 30.0. The minimum atomic E-state index is -2.96. The van der Waals surface area contributed by atoms with Gasteiger partial charge in [-0.05, 0) is 80.4 Å². The Morgan fingerprint density at radius 3 is 1.00 bits per heavy atom. The predicted octanol–water partition coefficient (Wildman–Crippen LogP) is 14.6. The van der Waals surface area contributed by atoms with Crippen LogP contribution >= 0.6 is 0 Å². The SMILES string of the molecule is FC(F)c1ccc2c(c1Oc1cccc(Oc3c(C(F)F)ccc4c3Cc3ccccc3-4)c1Oc1c(C(F)F)ccc3c1Cc1ccccc1-3)Cc1ccccc1-2. The molecule has 0 aromatic heterocycles. The Morgan fingerprint density at radius 2 is 0.649 bits per heavy atom. The average Bonchev–Trinajstić information content (AvgIpc) is 3.91. The number of rotatable bonds is 9. The Hall–Kier alpha value is -6.48. The van der Waals surface area contributed by atoms with Gasteiger partial charge in [-0.15, -0.1) is 0 Å². The van der Waals surface area contributed by atoms with Crippen LogP contribution in [0.4, 0.5) is 26.3 Å². The van der Waals surface area contributed by atoms with E-state index >= 15 is 0 Å². The van der Waals surface area contributed by atoms with E-state index in [1.807, 2.05) is 72.8 Å². The van der Waals surface area contributed by atoms with Crippen LogP contribution in [0.3, 0.4) is 0 Å². The summed E-state index contributed by atoms with van der Waals surface area (Å²) in [5, 5.41) is 0. The summed E-state index contributed by atoms with van der Waals surface area (Å²) in [6, 6.07) is 36.0. The van der Waals surface area contributed by atoms with E-state index in [0.717, 1.165) is 44.5 Å². The molecule has 0 fully saturated rings. The molecule has 0 atom stereocenters. The Bertz CT molecular complexity index is 2630. The van der Waals surface area contributed by atoms with Crippen LogP contribution in [0.1, 0.15) is 69.3 Å². The fourth-order valence-corrected chi connectivity index (χ4v) is 8.56. The fourth-order valence-electron chi connectivity index (χ4n) is 8.56. The van der Waals surface area contributed by atoms with Crippen LogP contribution in [0.5, 0.6) is 34.5 Å². The number of alkyl halides is 6. The molecule has 0 radical (unpaired) electrons. The maximum Gasteiger partial charge on any atom is 0.267 e. The third-order valence-electron chi connectivity index (χ3n) is 11.2. The van der Waals surface area contributed by atoms with Crippen molar-refractivity contribution in [3.05, 3.63) is 177 Å². The lowest BCUT2D eigenvalue weighted by Crippen LogP contribution is -2.03. The van der Waals surface area contributed by atoms with E-state index in [-0.39, 0.29) is 52.0 Å². The molecule has 282 valence electrons. The van der Waals surface area contributed by atoms with Gasteiger partial charge in [-0.3, -0.25) is 0 Å². The molecule has 0 saturated carbocycles. The van der Waals surface area contributed by atoms with Crippen LogP contribution in [0.25, 0.3) is 33.4 Å². The molecular formula is C48H30F6O3. The second kappa shape index (κ2) is 13.6. The highest BCUT2D eigenvalue weighted by Crippen LogP contribution is 2.54. The highest BCUT2D eigenvalue weighted by molar-refractivity contribution is 5.83. The second-order valence-corrected chi connectivity index (χ2v) is 14.3. The van der Waals surface area contributed by atoms with Crippen molar-refractivity contribution in [1.82, 2.24) is 0 Å². The normalized spacial score (nSPS) is 13.0. The van der Waals surface area contributed by atoms with Crippen molar-refractivity contribution in [2.24, 2.45) is 0 Å². The largest absolute Gasteiger partial charge is 0.452 e. The molecule has 3 aliphatic carbocycles. The van der Waals surface area contributed by atoms with Crippen LogP contribution < -0.4 is 14.2 Å². The van der Waals surface area contributed by atoms with Gasteiger partial charge in [-0.2, -0.15) is 0 Å². The van der Waals surface area contributed by atoms with Crippen LogP contribution in [0, 0.1) is 0 Å². The minimum Gasteiger partial charge on any atom is -0.452 e. The highest BCUT2D eigenvalue weighted by Gasteiger charge is 2.33. The maximum atomic E-state index is 15.0. The topological polar surface area (TPSA) is 27.7 Å². The molecule has 3 nitrogen and oxygen atoms in total. The van der Waals surface area contributed by atoms with E-state index in [1.165, 1.54) is 36.4 Å². The molecule has 0 spiro atoms. The van der Waals surface area contributed by atoms with Gasteiger partial charge in [0.15, 0.2) is 11.5 Å². The van der Waals surface area contributed by atoms with E-state index in [1.54, 1.807) is 18.2 Å². The number of benzene rings is 7. The van der Waals surface area contributed by atoms with Gasteiger partial charge in [0.2, 0.25) is 5.75 Å². The molecule has 57 heavy (non-hydrogen) atoms. The van der Waals surface area contributed by atoms with E-state index in [4.69, 9.17) is 14.2 Å². The summed E-state index contributed by atoms with van der Waals surface area (Å²) in [7, 11) is 0. The molecule has 0 unspecified atom stereocenters. The lowest BCUT2D eigenvalue weighted by atomic mass is 10.0. The first kappa shape index (κ1) is 35.0. The third-order valence-corrected chi connectivity index (χ3v) is 11.2. The molecule has 0 N–H and O–H groups in total. The molecule has 0 bridgehead atoms. The summed E-state index contributed by atoms with van der Waals surface area (Å²) in [6.07, 6.45) is -7.93. The summed E-state index contributed by atoms with van der Waals surface area (Å²) < 4.78 is 109. The number of ether oxygens (including phenoxy) is 3. The number of hydrogen-bond donors (Lipinski definition) is 0. The minimum absolute atomic E-state index is 0.107. The van der Waals surface area contributed by atoms with Gasteiger partial charge in [-0.25, -0.2) is 26.3 Å². The average molecular weight is 769 g/mol. The summed E-state index contributed by atoms with van der Waals surface area (Å²) >= 11 is 0. The van der Waals surface area contributed by atoms with Crippen LogP contribution in [-0.4, -0.2) is 0 Å². The van der Waals surface area contributed by atoms with Crippen molar-refractivity contribution in [2.45, 2.75) is 38.5 Å². The van der Waals surface area contributed by atoms with Gasteiger partial charge < -0.3 is 14.2 Å². The Morgan fingerprint density at radius 1 is 0.316 bits per heavy atom. The monoisotopic (exact) mass is 768 g/mol. The molecule has 0 aliphatic heterocycles. The van der Waals surface area contributed by atoms with E-state index in [2.05, 4.69) is 0 Å². The number of para-hydroxylation sites is 1. The molecule has 7 aromatic rings. The molecular weight excluding hydrogens is 739 g/mol. The third kappa shape index (κ3) is 5.74. The quantitative estimate of drug-likeness (QED) is 0.137. The van der Waals surface area contributed by atoms with Gasteiger partial charge in [0.1, 0.15) is 17.2 Å². The Balaban J connectivity index is 1.17. The molecule has 3 aliphatic rings. The highest BCUT2D eigenvalue weighted by atomic mass is 19.3. The van der Waals surface area contributed by atoms with Crippen molar-refractivity contribution in [3.63, 3.8) is 0 Å². The predicted molar refractivity (Wildman–Crippen MR) is 206 cm³/mol. The van der Waals surface area contributed by atoms with E-state index < -0.39 is 24.8 Å². The smallest absolute Gasteiger partial charge is 0.267 e. The molecule has 10 rings (SSSR count). The van der Waals surface area contributed by atoms with Crippen molar-refractivity contribution in [2.75, 3.05) is 0 Å². The van der Waals surface area contributed by atoms with Gasteiger partial charge in [0.05, 0.1) is 16.7 Å². The van der Waals surface area contributed by atoms with Crippen molar-refractivity contribution in [1.29, 1.82) is 0 Å². The molecule has 0 heterocycles. The standard InChI is InChI=1S/C48H30F6O3/c49-46(50)34-19-16-31-28-11-4-1-8-25(28)22-37(31)42(34)55-40-14-7-15-41(56-43-35(47(51)52)20-17-32-29-12-5-2-9-26(29)23-38(32)43)45(40)57-44-36(48(53)54)21-18-33-30-13-6-3-10-27(30)24-39(33)44/h1-21,46-48H,22-24H2. The molecule has 9 heteroatoms. The zero-order chi connectivity index (χ0) is 38.9. The molecule has 7 aromatic carbocycles. The number of fused-ring (bicyclic) bond motifs is 9. The Kier molecular flexibility index (Phi) is 8.36. The second-order valence-electron chi connectivity index (χ2n) is 14.3. The maximum absolute atomic E-state index is 15.0. The van der Waals surface area contributed by atoms with Gasteiger partial charge in [0.25, 0.3) is 19.3 Å². The van der Waals surface area contributed by atoms with Crippen molar-refractivity contribution in [3.8, 4) is 67.9 Å². The lowest BCUT2D eigenvalue weighted by molar-refractivity contribution is 0.146. The fraction of sp³-hybridized carbons (Fsp3) is 0.125. The molecule has 0 amide bonds. The number of halogens is 6. The van der Waals surface area contributed by atoms with Crippen LogP contribution in [-0.2, 0) is 19.3 Å². The lowest BCUT2D eigenvalue weighted by Gasteiger charge is -2.23. The molecule has 0 saturated heterocycles. The first-order valence-electron chi connectivity index (χ1n) is 18.5. The number of hydrogen-bond acceptors (Lipinski definition) is 3. The van der Waals surface area contributed by atoms with Gasteiger partial charge in [0, 0.05) is 36.0 Å². The first-order chi connectivity index (χ1) is 27.7. The zero-order valence-electron chi connectivity index (χ0n) is 30.0. The van der Waals surface area contributed by atoms with Gasteiger partial charge in [-0.1, -0.05) is 97.1 Å². The summed E-state index contributed by atoms with van der Waals surface area (Å²) in [5.41, 5.74) is 7.91. The van der Waals surface area contributed by atoms with Gasteiger partial charge >= 0.3 is 0 Å². The Labute approximate surface area is 323 Å². The summed E-state index contributed by atoms with van der Waals surface area (Å²) in [6.45, 7) is 0. The first-order valence-corrected chi connectivity index (χ1v) is 18.5. The van der Waals surface area contributed by atoms with E-state index in [0.29, 0.717) is 35.1 Å². The summed E-state index contributed by atoms with van der Waals surface area (Å²) in [4.78, 5) is 0. The van der Waals surface area contributed by atoms with E-state index in [9.17, 15) is 26.3 Å². The van der Waals surface area contributed by atoms with Crippen LogP contribution in [0.2, 0.25) is 0 Å². The van der Waals surface area contributed by atoms with Crippen LogP contribution in [0.15, 0.2) is 127 Å².